The molecule has 3 amide bonds. The van der Waals surface area contributed by atoms with Crippen LogP contribution in [-0.4, -0.2) is 49.8 Å². The standard InChI is InChI=1S/C22H22N2O6S/c1-28-16-6-4-14(5-7-16)12-23-20(25)13-24-21(26)19(31-22(24)27)11-15-10-17(29-2)8-9-18(15)30-3/h4-11H,12-13H2,1-3H3,(H,23,25)/b19-11-. The Morgan fingerprint density at radius 2 is 1.68 bits per heavy atom. The van der Waals surface area contributed by atoms with E-state index in [2.05, 4.69) is 5.32 Å². The molecule has 0 spiro atoms. The Labute approximate surface area is 184 Å². The van der Waals surface area contributed by atoms with Gasteiger partial charge in [-0.25, -0.2) is 0 Å². The van der Waals surface area contributed by atoms with Crippen LogP contribution >= 0.6 is 11.8 Å². The summed E-state index contributed by atoms with van der Waals surface area (Å²) in [6.07, 6.45) is 1.56. The molecule has 0 aromatic heterocycles. The predicted molar refractivity (Wildman–Crippen MR) is 117 cm³/mol. The molecule has 3 rings (SSSR count). The lowest BCUT2D eigenvalue weighted by Gasteiger charge is -2.12. The van der Waals surface area contributed by atoms with Gasteiger partial charge in [0, 0.05) is 12.1 Å². The summed E-state index contributed by atoms with van der Waals surface area (Å²) in [5, 5.41) is 2.21. The van der Waals surface area contributed by atoms with E-state index < -0.39 is 17.1 Å². The van der Waals surface area contributed by atoms with E-state index in [4.69, 9.17) is 14.2 Å². The van der Waals surface area contributed by atoms with E-state index in [9.17, 15) is 14.4 Å². The van der Waals surface area contributed by atoms with E-state index in [0.717, 1.165) is 22.2 Å². The second kappa shape index (κ2) is 10.0. The number of thioether (sulfide) groups is 1. The molecule has 0 atom stereocenters. The van der Waals surface area contributed by atoms with Gasteiger partial charge in [0.05, 0.1) is 26.2 Å². The summed E-state index contributed by atoms with van der Waals surface area (Å²) in [4.78, 5) is 38.4. The maximum atomic E-state index is 12.7. The number of ether oxygens (including phenoxy) is 3. The fraction of sp³-hybridized carbons (Fsp3) is 0.227. The highest BCUT2D eigenvalue weighted by atomic mass is 32.2. The molecule has 1 aliphatic heterocycles. The average molecular weight is 442 g/mol. The summed E-state index contributed by atoms with van der Waals surface area (Å²) >= 11 is 0.778. The summed E-state index contributed by atoms with van der Waals surface area (Å²) in [5.41, 5.74) is 1.46. The molecule has 8 nitrogen and oxygen atoms in total. The van der Waals surface area contributed by atoms with Gasteiger partial charge < -0.3 is 19.5 Å². The van der Waals surface area contributed by atoms with Crippen LogP contribution in [0.3, 0.4) is 0 Å². The molecule has 1 heterocycles. The van der Waals surface area contributed by atoms with Gasteiger partial charge in [0.15, 0.2) is 0 Å². The lowest BCUT2D eigenvalue weighted by molar-refractivity contribution is -0.129. The van der Waals surface area contributed by atoms with Crippen molar-refractivity contribution in [2.24, 2.45) is 0 Å². The number of hydrogen-bond donors (Lipinski definition) is 1. The zero-order valence-electron chi connectivity index (χ0n) is 17.3. The third-order valence-corrected chi connectivity index (χ3v) is 5.45. The Hall–Kier alpha value is -3.46. The van der Waals surface area contributed by atoms with Crippen LogP contribution in [0.4, 0.5) is 4.79 Å². The van der Waals surface area contributed by atoms with E-state index in [0.29, 0.717) is 22.8 Å². The molecule has 162 valence electrons. The largest absolute Gasteiger partial charge is 0.497 e. The van der Waals surface area contributed by atoms with E-state index >= 15 is 0 Å². The number of benzene rings is 2. The first-order chi connectivity index (χ1) is 14.9. The van der Waals surface area contributed by atoms with Crippen molar-refractivity contribution in [3.63, 3.8) is 0 Å². The summed E-state index contributed by atoms with van der Waals surface area (Å²) in [6, 6.07) is 12.4. The number of methoxy groups -OCH3 is 3. The van der Waals surface area contributed by atoms with E-state index in [1.807, 2.05) is 12.1 Å². The molecule has 31 heavy (non-hydrogen) atoms. The van der Waals surface area contributed by atoms with E-state index in [-0.39, 0.29) is 18.0 Å². The van der Waals surface area contributed by atoms with Crippen molar-refractivity contribution in [2.75, 3.05) is 27.9 Å². The summed E-state index contributed by atoms with van der Waals surface area (Å²) < 4.78 is 15.6. The topological polar surface area (TPSA) is 94.2 Å². The Kier molecular flexibility index (Phi) is 7.19. The highest BCUT2D eigenvalue weighted by Gasteiger charge is 2.36. The van der Waals surface area contributed by atoms with Crippen molar-refractivity contribution in [2.45, 2.75) is 6.54 Å². The number of carbonyl (C=O) groups excluding carboxylic acids is 3. The highest BCUT2D eigenvalue weighted by Crippen LogP contribution is 2.34. The number of carbonyl (C=O) groups is 3. The number of nitrogens with one attached hydrogen (secondary N) is 1. The number of hydrogen-bond acceptors (Lipinski definition) is 7. The molecule has 1 aliphatic rings. The van der Waals surface area contributed by atoms with Gasteiger partial charge in [-0.05, 0) is 53.7 Å². The van der Waals surface area contributed by atoms with Crippen LogP contribution in [-0.2, 0) is 16.1 Å². The molecule has 2 aromatic carbocycles. The minimum Gasteiger partial charge on any atom is -0.497 e. The first kappa shape index (κ1) is 22.2. The normalized spacial score (nSPS) is 14.7. The molecule has 1 N–H and O–H groups in total. The number of rotatable bonds is 8. The maximum Gasteiger partial charge on any atom is 0.294 e. The van der Waals surface area contributed by atoms with Crippen LogP contribution in [0.25, 0.3) is 6.08 Å². The van der Waals surface area contributed by atoms with Crippen molar-refractivity contribution in [3.05, 3.63) is 58.5 Å². The quantitative estimate of drug-likeness (QED) is 0.628. The Balaban J connectivity index is 1.66. The molecular weight excluding hydrogens is 420 g/mol. The van der Waals surface area contributed by atoms with Crippen molar-refractivity contribution in [1.82, 2.24) is 10.2 Å². The summed E-state index contributed by atoms with van der Waals surface area (Å²) in [5.74, 6) is 0.874. The van der Waals surface area contributed by atoms with Crippen molar-refractivity contribution < 1.29 is 28.6 Å². The van der Waals surface area contributed by atoms with E-state index in [1.165, 1.54) is 14.2 Å². The molecule has 1 fully saturated rings. The summed E-state index contributed by atoms with van der Waals surface area (Å²) in [7, 11) is 4.62. The Morgan fingerprint density at radius 3 is 2.32 bits per heavy atom. The predicted octanol–water partition coefficient (Wildman–Crippen LogP) is 3.07. The number of amides is 3. The van der Waals surface area contributed by atoms with Gasteiger partial charge in [-0.1, -0.05) is 12.1 Å². The lowest BCUT2D eigenvalue weighted by atomic mass is 10.1. The van der Waals surface area contributed by atoms with Crippen LogP contribution in [0.15, 0.2) is 47.4 Å². The first-order valence-electron chi connectivity index (χ1n) is 9.32. The maximum absolute atomic E-state index is 12.7. The monoisotopic (exact) mass is 442 g/mol. The lowest BCUT2D eigenvalue weighted by Crippen LogP contribution is -2.39. The SMILES string of the molecule is COc1ccc(CNC(=O)CN2C(=O)S/C(=C\c3cc(OC)ccc3OC)C2=O)cc1. The van der Waals surface area contributed by atoms with Crippen LogP contribution in [0, 0.1) is 0 Å². The van der Waals surface area contributed by atoms with Gasteiger partial charge >= 0.3 is 0 Å². The van der Waals surface area contributed by atoms with E-state index in [1.54, 1.807) is 43.5 Å². The van der Waals surface area contributed by atoms with Crippen LogP contribution in [0.2, 0.25) is 0 Å². The average Bonchev–Trinajstić information content (AvgIpc) is 3.05. The molecule has 2 aromatic rings. The van der Waals surface area contributed by atoms with Gasteiger partial charge in [0.1, 0.15) is 23.8 Å². The Bertz CT molecular complexity index is 1020. The number of imide groups is 1. The van der Waals surface area contributed by atoms with Crippen molar-refractivity contribution in [3.8, 4) is 17.2 Å². The van der Waals surface area contributed by atoms with Crippen molar-refractivity contribution >= 4 is 34.9 Å². The smallest absolute Gasteiger partial charge is 0.294 e. The zero-order chi connectivity index (χ0) is 22.4. The second-order valence-electron chi connectivity index (χ2n) is 6.50. The molecule has 0 radical (unpaired) electrons. The molecule has 9 heteroatoms. The molecule has 0 bridgehead atoms. The minimum absolute atomic E-state index is 0.208. The van der Waals surface area contributed by atoms with Gasteiger partial charge in [-0.2, -0.15) is 0 Å². The first-order valence-corrected chi connectivity index (χ1v) is 10.1. The third-order valence-electron chi connectivity index (χ3n) is 4.55. The van der Waals surface area contributed by atoms with Crippen LogP contribution in [0.5, 0.6) is 17.2 Å². The van der Waals surface area contributed by atoms with Gasteiger partial charge in [-0.15, -0.1) is 0 Å². The fourth-order valence-electron chi connectivity index (χ4n) is 2.87. The minimum atomic E-state index is -0.528. The molecule has 0 unspecified atom stereocenters. The molecular formula is C22H22N2O6S. The van der Waals surface area contributed by atoms with Crippen molar-refractivity contribution in [1.29, 1.82) is 0 Å². The summed E-state index contributed by atoms with van der Waals surface area (Å²) in [6.45, 7) is -0.0801. The molecule has 0 aliphatic carbocycles. The highest BCUT2D eigenvalue weighted by molar-refractivity contribution is 8.18. The fourth-order valence-corrected chi connectivity index (χ4v) is 3.70. The molecule has 1 saturated heterocycles. The van der Waals surface area contributed by atoms with Gasteiger partial charge in [0.25, 0.3) is 11.1 Å². The van der Waals surface area contributed by atoms with Crippen LogP contribution < -0.4 is 19.5 Å². The van der Waals surface area contributed by atoms with Crippen LogP contribution in [0.1, 0.15) is 11.1 Å². The second-order valence-corrected chi connectivity index (χ2v) is 7.49. The zero-order valence-corrected chi connectivity index (χ0v) is 18.2. The van der Waals surface area contributed by atoms with Gasteiger partial charge in [0.2, 0.25) is 5.91 Å². The number of nitrogens with zero attached hydrogens (tertiary/aromatic N) is 1. The molecule has 0 saturated carbocycles. The Morgan fingerprint density at radius 1 is 1.00 bits per heavy atom. The third kappa shape index (κ3) is 5.37. The van der Waals surface area contributed by atoms with Gasteiger partial charge in [-0.3, -0.25) is 19.3 Å².